The Kier molecular flexibility index (Phi) is 6.42. The highest BCUT2D eigenvalue weighted by Gasteiger charge is 2.65. The lowest BCUT2D eigenvalue weighted by molar-refractivity contribution is -0.285. The number of rotatable bonds is 6. The molecule has 3 atom stereocenters. The molecule has 0 radical (unpaired) electrons. The number of carbonyl (C=O) groups excluding carboxylic acids is 1. The van der Waals surface area contributed by atoms with E-state index in [1.165, 1.54) is 49.6 Å². The maximum atomic E-state index is 14.0. The predicted octanol–water partition coefficient (Wildman–Crippen LogP) is 3.36. The van der Waals surface area contributed by atoms with Gasteiger partial charge in [0.1, 0.15) is 5.92 Å². The van der Waals surface area contributed by atoms with Crippen LogP contribution in [0.2, 0.25) is 0 Å². The normalized spacial score (nSPS) is 23.5. The molecule has 0 aromatic heterocycles. The number of ketones is 1. The average molecular weight is 454 g/mol. The van der Waals surface area contributed by atoms with Crippen LogP contribution in [0.3, 0.4) is 0 Å². The summed E-state index contributed by atoms with van der Waals surface area (Å²) < 4.78 is 52.8. The first kappa shape index (κ1) is 22.8. The van der Waals surface area contributed by atoms with E-state index in [9.17, 15) is 23.1 Å². The summed E-state index contributed by atoms with van der Waals surface area (Å²) in [5.74, 6) is -2.22. The molecule has 6 nitrogen and oxygen atoms in total. The number of carbonyl (C=O) groups is 1. The number of aliphatic hydroxyl groups is 1. The minimum atomic E-state index is -5.19. The topological polar surface area (TPSA) is 79.8 Å². The van der Waals surface area contributed by atoms with Crippen LogP contribution < -0.4 is 20.1 Å². The van der Waals surface area contributed by atoms with Crippen molar-refractivity contribution in [3.8, 4) is 11.5 Å². The molecule has 3 N–H and O–H groups in total. The molecule has 0 saturated carbocycles. The van der Waals surface area contributed by atoms with Crippen LogP contribution in [0.15, 0.2) is 48.5 Å². The molecule has 2 aromatic carbocycles. The van der Waals surface area contributed by atoms with E-state index in [1.54, 1.807) is 13.0 Å². The maximum Gasteiger partial charge on any atom is 0.437 e. The second-order valence-electron chi connectivity index (χ2n) is 6.89. The largest absolute Gasteiger partial charge is 0.493 e. The highest BCUT2D eigenvalue weighted by molar-refractivity contribution is 7.80. The van der Waals surface area contributed by atoms with E-state index in [2.05, 4.69) is 5.32 Å². The van der Waals surface area contributed by atoms with Gasteiger partial charge >= 0.3 is 6.18 Å². The first-order chi connectivity index (χ1) is 14.6. The van der Waals surface area contributed by atoms with Gasteiger partial charge in [-0.2, -0.15) is 13.2 Å². The van der Waals surface area contributed by atoms with Gasteiger partial charge in [-0.05, 0) is 36.8 Å². The third kappa shape index (κ3) is 4.31. The van der Waals surface area contributed by atoms with E-state index in [-0.39, 0.29) is 16.9 Å². The Morgan fingerprint density at radius 1 is 1.19 bits per heavy atom. The van der Waals surface area contributed by atoms with Crippen LogP contribution in [0.25, 0.3) is 0 Å². The van der Waals surface area contributed by atoms with E-state index in [0.29, 0.717) is 12.4 Å². The van der Waals surface area contributed by atoms with E-state index < -0.39 is 34.8 Å². The number of thiocarbonyl (C=S) groups is 1. The van der Waals surface area contributed by atoms with Gasteiger partial charge in [-0.3, -0.25) is 4.79 Å². The van der Waals surface area contributed by atoms with Crippen molar-refractivity contribution >= 4 is 23.1 Å². The van der Waals surface area contributed by atoms with E-state index in [4.69, 9.17) is 21.7 Å². The van der Waals surface area contributed by atoms with Crippen LogP contribution in [-0.2, 0) is 0 Å². The number of halogens is 3. The fourth-order valence-corrected chi connectivity index (χ4v) is 3.83. The van der Waals surface area contributed by atoms with Crippen molar-refractivity contribution in [3.63, 3.8) is 0 Å². The summed E-state index contributed by atoms with van der Waals surface area (Å²) in [6.07, 6.45) is -5.19. The van der Waals surface area contributed by atoms with Gasteiger partial charge in [0.15, 0.2) is 22.4 Å². The van der Waals surface area contributed by atoms with Crippen molar-refractivity contribution in [1.29, 1.82) is 0 Å². The SMILES string of the molecule is CCOc1ccc(C2NC(=S)NC(O)(C(F)(F)F)C2C(=O)c2ccccc2)cc1OC. The monoisotopic (exact) mass is 454 g/mol. The van der Waals surface area contributed by atoms with Crippen LogP contribution in [-0.4, -0.2) is 41.6 Å². The Morgan fingerprint density at radius 3 is 2.45 bits per heavy atom. The number of Topliss-reactive ketones (excluding diaryl/α,β-unsaturated/α-hetero) is 1. The first-order valence-electron chi connectivity index (χ1n) is 9.40. The molecule has 1 fully saturated rings. The molecule has 0 spiro atoms. The Morgan fingerprint density at radius 2 is 1.87 bits per heavy atom. The van der Waals surface area contributed by atoms with E-state index in [0.717, 1.165) is 0 Å². The number of methoxy groups -OCH3 is 1. The number of nitrogens with one attached hydrogen (secondary N) is 2. The Hall–Kier alpha value is -2.85. The number of alkyl halides is 3. The summed E-state index contributed by atoms with van der Waals surface area (Å²) in [5.41, 5.74) is -3.30. The van der Waals surface area contributed by atoms with Crippen LogP contribution in [0, 0.1) is 5.92 Å². The lowest BCUT2D eigenvalue weighted by Gasteiger charge is -2.46. The number of hydrogen-bond acceptors (Lipinski definition) is 5. The van der Waals surface area contributed by atoms with E-state index in [1.807, 2.05) is 5.32 Å². The van der Waals surface area contributed by atoms with Gasteiger partial charge in [0.2, 0.25) is 5.72 Å². The quantitative estimate of drug-likeness (QED) is 0.456. The standard InChI is InChI=1S/C21H21F3N2O4S/c1-3-30-14-10-9-13(11-15(14)29-2)17-16(18(27)12-7-5-4-6-8-12)20(28,21(22,23)24)26-19(31)25-17/h4-11,16-17,28H,3H2,1-2H3,(H2,25,26,31). The van der Waals surface area contributed by atoms with Crippen molar-refractivity contribution in [2.24, 2.45) is 5.92 Å². The summed E-state index contributed by atoms with van der Waals surface area (Å²) >= 11 is 4.94. The summed E-state index contributed by atoms with van der Waals surface area (Å²) in [5, 5.41) is 14.9. The molecule has 1 aliphatic rings. The third-order valence-electron chi connectivity index (χ3n) is 4.99. The highest BCUT2D eigenvalue weighted by Crippen LogP contribution is 2.45. The van der Waals surface area contributed by atoms with Crippen molar-refractivity contribution < 1.29 is 32.5 Å². The van der Waals surface area contributed by atoms with Crippen LogP contribution in [0.4, 0.5) is 13.2 Å². The summed E-state index contributed by atoms with van der Waals surface area (Å²) in [6.45, 7) is 2.13. The van der Waals surface area contributed by atoms with Crippen LogP contribution >= 0.6 is 12.2 Å². The summed E-state index contributed by atoms with van der Waals surface area (Å²) in [7, 11) is 1.39. The lowest BCUT2D eigenvalue weighted by atomic mass is 9.77. The molecular weight excluding hydrogens is 433 g/mol. The molecule has 1 heterocycles. The van der Waals surface area contributed by atoms with Crippen LogP contribution in [0.5, 0.6) is 11.5 Å². The van der Waals surface area contributed by atoms with Crippen LogP contribution in [0.1, 0.15) is 28.9 Å². The number of benzene rings is 2. The minimum absolute atomic E-state index is 0.0227. The third-order valence-corrected chi connectivity index (χ3v) is 5.21. The number of ether oxygens (including phenoxy) is 2. The second kappa shape index (κ2) is 8.72. The number of hydrogen-bond donors (Lipinski definition) is 3. The molecule has 0 aliphatic carbocycles. The molecule has 3 rings (SSSR count). The molecule has 2 aromatic rings. The molecule has 10 heteroatoms. The van der Waals surface area contributed by atoms with Crippen molar-refractivity contribution in [3.05, 3.63) is 59.7 Å². The average Bonchev–Trinajstić information content (AvgIpc) is 2.73. The van der Waals surface area contributed by atoms with E-state index >= 15 is 0 Å². The zero-order chi connectivity index (χ0) is 22.8. The fourth-order valence-electron chi connectivity index (χ4n) is 3.55. The van der Waals surface area contributed by atoms with Gasteiger partial charge in [-0.1, -0.05) is 36.4 Å². The molecule has 0 amide bonds. The second-order valence-corrected chi connectivity index (χ2v) is 7.30. The molecule has 3 unspecified atom stereocenters. The van der Waals surface area contributed by atoms with Crippen molar-refractivity contribution in [1.82, 2.24) is 10.6 Å². The van der Waals surface area contributed by atoms with Gasteiger partial charge in [0.25, 0.3) is 0 Å². The molecular formula is C21H21F3N2O4S. The zero-order valence-electron chi connectivity index (χ0n) is 16.7. The predicted molar refractivity (Wildman–Crippen MR) is 111 cm³/mol. The first-order valence-corrected chi connectivity index (χ1v) is 9.81. The van der Waals surface area contributed by atoms with Gasteiger partial charge in [0.05, 0.1) is 19.8 Å². The lowest BCUT2D eigenvalue weighted by Crippen LogP contribution is -2.72. The molecule has 0 bridgehead atoms. The smallest absolute Gasteiger partial charge is 0.437 e. The molecule has 31 heavy (non-hydrogen) atoms. The Labute approximate surface area is 182 Å². The highest BCUT2D eigenvalue weighted by atomic mass is 32.1. The zero-order valence-corrected chi connectivity index (χ0v) is 17.5. The van der Waals surface area contributed by atoms with Gasteiger partial charge in [-0.15, -0.1) is 0 Å². The van der Waals surface area contributed by atoms with Gasteiger partial charge in [-0.25, -0.2) is 0 Å². The van der Waals surface area contributed by atoms with Crippen molar-refractivity contribution in [2.45, 2.75) is 24.9 Å². The Bertz CT molecular complexity index is 971. The molecule has 1 aliphatic heterocycles. The minimum Gasteiger partial charge on any atom is -0.493 e. The summed E-state index contributed by atoms with van der Waals surface area (Å²) in [6, 6.07) is 10.7. The van der Waals surface area contributed by atoms with Gasteiger partial charge < -0.3 is 25.2 Å². The van der Waals surface area contributed by atoms with Gasteiger partial charge in [0, 0.05) is 5.56 Å². The van der Waals surface area contributed by atoms with Crippen molar-refractivity contribution in [2.75, 3.05) is 13.7 Å². The maximum absolute atomic E-state index is 14.0. The molecule has 1 saturated heterocycles. The Balaban J connectivity index is 2.16. The summed E-state index contributed by atoms with van der Waals surface area (Å²) in [4.78, 5) is 13.2. The molecule has 166 valence electrons. The fraction of sp³-hybridized carbons (Fsp3) is 0.333.